The molecule has 1 fully saturated rings. The number of benzene rings is 1. The lowest BCUT2D eigenvalue weighted by Crippen LogP contribution is -2.32. The molecule has 0 spiro atoms. The van der Waals surface area contributed by atoms with Gasteiger partial charge in [0.05, 0.1) is 12.2 Å². The summed E-state index contributed by atoms with van der Waals surface area (Å²) in [6, 6.07) is 13.8. The minimum Gasteiger partial charge on any atom is -0.494 e. The van der Waals surface area contributed by atoms with Crippen LogP contribution < -0.4 is 4.74 Å². The fraction of sp³-hybridized carbons (Fsp3) is 0.273. The standard InChI is InChI=1S/C22H22N4O2/c1-2-28-19-10-6-16(7-11-19)15-26(18-8-9-18)22(27)17-13-24-21(25-14-17)20-5-3-4-12-23-20/h3-7,10-14,18H,2,8-9,15H2,1H3. The van der Waals surface area contributed by atoms with Gasteiger partial charge in [0.2, 0.25) is 0 Å². The lowest BCUT2D eigenvalue weighted by molar-refractivity contribution is 0.0729. The lowest BCUT2D eigenvalue weighted by Gasteiger charge is -2.22. The molecule has 0 aliphatic heterocycles. The number of nitrogens with zero attached hydrogens (tertiary/aromatic N) is 4. The maximum absolute atomic E-state index is 13.1. The number of aromatic nitrogens is 3. The minimum atomic E-state index is -0.0380. The predicted octanol–water partition coefficient (Wildman–Crippen LogP) is 3.74. The van der Waals surface area contributed by atoms with Crippen LogP contribution in [0.4, 0.5) is 0 Å². The first-order chi connectivity index (χ1) is 13.7. The van der Waals surface area contributed by atoms with Gasteiger partial charge >= 0.3 is 0 Å². The summed E-state index contributed by atoms with van der Waals surface area (Å²) in [5.74, 6) is 1.32. The third-order valence-corrected chi connectivity index (χ3v) is 4.63. The van der Waals surface area contributed by atoms with Crippen LogP contribution in [0.5, 0.6) is 5.75 Å². The van der Waals surface area contributed by atoms with E-state index in [9.17, 15) is 4.79 Å². The van der Waals surface area contributed by atoms with E-state index in [4.69, 9.17) is 4.74 Å². The van der Waals surface area contributed by atoms with Crippen molar-refractivity contribution in [3.63, 3.8) is 0 Å². The second-order valence-corrected chi connectivity index (χ2v) is 6.75. The predicted molar refractivity (Wildman–Crippen MR) is 106 cm³/mol. The highest BCUT2D eigenvalue weighted by Gasteiger charge is 2.33. The average molecular weight is 374 g/mol. The first-order valence-electron chi connectivity index (χ1n) is 9.50. The van der Waals surface area contributed by atoms with Crippen molar-refractivity contribution in [1.29, 1.82) is 0 Å². The van der Waals surface area contributed by atoms with Crippen LogP contribution in [0, 0.1) is 0 Å². The van der Waals surface area contributed by atoms with Gasteiger partial charge in [0, 0.05) is 31.2 Å². The molecule has 0 atom stereocenters. The van der Waals surface area contributed by atoms with Crippen molar-refractivity contribution in [3.05, 3.63) is 72.2 Å². The van der Waals surface area contributed by atoms with Gasteiger partial charge < -0.3 is 9.64 Å². The van der Waals surface area contributed by atoms with Crippen LogP contribution in [0.25, 0.3) is 11.5 Å². The van der Waals surface area contributed by atoms with Crippen molar-refractivity contribution < 1.29 is 9.53 Å². The Hall–Kier alpha value is -3.28. The molecule has 0 N–H and O–H groups in total. The van der Waals surface area contributed by atoms with E-state index >= 15 is 0 Å². The lowest BCUT2D eigenvalue weighted by atomic mass is 10.2. The van der Waals surface area contributed by atoms with E-state index in [1.54, 1.807) is 18.6 Å². The smallest absolute Gasteiger partial charge is 0.257 e. The largest absolute Gasteiger partial charge is 0.494 e. The van der Waals surface area contributed by atoms with Crippen LogP contribution in [0.2, 0.25) is 0 Å². The molecule has 1 saturated carbocycles. The topological polar surface area (TPSA) is 68.2 Å². The first-order valence-corrected chi connectivity index (χ1v) is 9.50. The molecular formula is C22H22N4O2. The number of hydrogen-bond acceptors (Lipinski definition) is 5. The molecule has 142 valence electrons. The molecule has 4 rings (SSSR count). The molecule has 0 saturated heterocycles. The van der Waals surface area contributed by atoms with Crippen molar-refractivity contribution in [1.82, 2.24) is 19.9 Å². The van der Waals surface area contributed by atoms with E-state index in [1.165, 1.54) is 0 Å². The normalized spacial score (nSPS) is 13.2. The summed E-state index contributed by atoms with van der Waals surface area (Å²) in [6.07, 6.45) is 6.95. The zero-order valence-electron chi connectivity index (χ0n) is 15.8. The average Bonchev–Trinajstić information content (AvgIpc) is 3.59. The van der Waals surface area contributed by atoms with Gasteiger partial charge in [-0.15, -0.1) is 0 Å². The van der Waals surface area contributed by atoms with Gasteiger partial charge in [-0.3, -0.25) is 9.78 Å². The first kappa shape index (κ1) is 18.1. The highest BCUT2D eigenvalue weighted by atomic mass is 16.5. The molecule has 0 radical (unpaired) electrons. The Bertz CT molecular complexity index is 923. The quantitative estimate of drug-likeness (QED) is 0.630. The molecule has 0 unspecified atom stereocenters. The Morgan fingerprint density at radius 2 is 1.82 bits per heavy atom. The van der Waals surface area contributed by atoms with E-state index in [0.29, 0.717) is 30.2 Å². The highest BCUT2D eigenvalue weighted by Crippen LogP contribution is 2.30. The fourth-order valence-corrected chi connectivity index (χ4v) is 3.04. The van der Waals surface area contributed by atoms with Crippen molar-refractivity contribution in [2.75, 3.05) is 6.61 Å². The van der Waals surface area contributed by atoms with Crippen molar-refractivity contribution in [3.8, 4) is 17.3 Å². The zero-order chi connectivity index (χ0) is 19.3. The van der Waals surface area contributed by atoms with Gasteiger partial charge in [-0.25, -0.2) is 9.97 Å². The number of ether oxygens (including phenoxy) is 1. The van der Waals surface area contributed by atoms with E-state index in [1.807, 2.05) is 54.3 Å². The maximum atomic E-state index is 13.1. The summed E-state index contributed by atoms with van der Waals surface area (Å²) in [6.45, 7) is 3.17. The molecule has 1 aromatic carbocycles. The second-order valence-electron chi connectivity index (χ2n) is 6.75. The third-order valence-electron chi connectivity index (χ3n) is 4.63. The zero-order valence-corrected chi connectivity index (χ0v) is 15.8. The van der Waals surface area contributed by atoms with Gasteiger partial charge in [-0.1, -0.05) is 18.2 Å². The third kappa shape index (κ3) is 4.17. The Morgan fingerprint density at radius 3 is 2.43 bits per heavy atom. The molecule has 3 aromatic rings. The van der Waals surface area contributed by atoms with Gasteiger partial charge in [0.1, 0.15) is 11.4 Å². The van der Waals surface area contributed by atoms with Gasteiger partial charge in [0.15, 0.2) is 5.82 Å². The molecule has 2 aromatic heterocycles. The maximum Gasteiger partial charge on any atom is 0.257 e. The molecule has 0 bridgehead atoms. The summed E-state index contributed by atoms with van der Waals surface area (Å²) in [5, 5.41) is 0. The number of hydrogen-bond donors (Lipinski definition) is 0. The number of pyridine rings is 1. The molecular weight excluding hydrogens is 352 g/mol. The molecule has 28 heavy (non-hydrogen) atoms. The van der Waals surface area contributed by atoms with E-state index in [-0.39, 0.29) is 11.9 Å². The van der Waals surface area contributed by atoms with E-state index in [2.05, 4.69) is 15.0 Å². The van der Waals surface area contributed by atoms with Crippen LogP contribution in [0.3, 0.4) is 0 Å². The molecule has 6 nitrogen and oxygen atoms in total. The number of carbonyl (C=O) groups excluding carboxylic acids is 1. The monoisotopic (exact) mass is 374 g/mol. The van der Waals surface area contributed by atoms with Crippen molar-refractivity contribution in [2.24, 2.45) is 0 Å². The van der Waals surface area contributed by atoms with E-state index in [0.717, 1.165) is 24.2 Å². The molecule has 1 amide bonds. The van der Waals surface area contributed by atoms with Gasteiger partial charge in [0.25, 0.3) is 5.91 Å². The molecule has 2 heterocycles. The van der Waals surface area contributed by atoms with Crippen LogP contribution in [-0.2, 0) is 6.54 Å². The molecule has 1 aliphatic rings. The summed E-state index contributed by atoms with van der Waals surface area (Å²) in [5.41, 5.74) is 2.27. The minimum absolute atomic E-state index is 0.0380. The Balaban J connectivity index is 1.49. The summed E-state index contributed by atoms with van der Waals surface area (Å²) >= 11 is 0. The number of amides is 1. The number of carbonyl (C=O) groups is 1. The summed E-state index contributed by atoms with van der Waals surface area (Å²) in [4.78, 5) is 27.9. The van der Waals surface area contributed by atoms with Crippen LogP contribution in [0.15, 0.2) is 61.1 Å². The van der Waals surface area contributed by atoms with Gasteiger partial charge in [-0.05, 0) is 49.6 Å². The molecule has 1 aliphatic carbocycles. The fourth-order valence-electron chi connectivity index (χ4n) is 3.04. The van der Waals surface area contributed by atoms with Crippen LogP contribution in [-0.4, -0.2) is 38.4 Å². The summed E-state index contributed by atoms with van der Waals surface area (Å²) < 4.78 is 5.49. The van der Waals surface area contributed by atoms with Crippen LogP contribution >= 0.6 is 0 Å². The Labute approximate surface area is 164 Å². The molecule has 6 heteroatoms. The SMILES string of the molecule is CCOc1ccc(CN(C(=O)c2cnc(-c3ccccn3)nc2)C2CC2)cc1. The van der Waals surface area contributed by atoms with Crippen molar-refractivity contribution >= 4 is 5.91 Å². The number of rotatable bonds is 7. The highest BCUT2D eigenvalue weighted by molar-refractivity contribution is 5.94. The van der Waals surface area contributed by atoms with Crippen LogP contribution in [0.1, 0.15) is 35.7 Å². The summed E-state index contributed by atoms with van der Waals surface area (Å²) in [7, 11) is 0. The van der Waals surface area contributed by atoms with E-state index < -0.39 is 0 Å². The van der Waals surface area contributed by atoms with Crippen molar-refractivity contribution in [2.45, 2.75) is 32.4 Å². The Morgan fingerprint density at radius 1 is 1.07 bits per heavy atom. The van der Waals surface area contributed by atoms with Gasteiger partial charge in [-0.2, -0.15) is 0 Å². The second kappa shape index (κ2) is 8.17. The Kier molecular flexibility index (Phi) is 5.28.